The van der Waals surface area contributed by atoms with E-state index in [-0.39, 0.29) is 19.3 Å². The average Bonchev–Trinajstić information content (AvgIpc) is 2.75. The highest BCUT2D eigenvalue weighted by Gasteiger charge is 2.38. The second kappa shape index (κ2) is 5.14. The van der Waals surface area contributed by atoms with E-state index in [4.69, 9.17) is 4.84 Å². The highest BCUT2D eigenvalue weighted by molar-refractivity contribution is 5.19. The van der Waals surface area contributed by atoms with Crippen molar-refractivity contribution in [2.24, 2.45) is 0 Å². The van der Waals surface area contributed by atoms with Crippen LogP contribution in [0, 0.1) is 0 Å². The number of benzene rings is 1. The molecule has 0 spiro atoms. The summed E-state index contributed by atoms with van der Waals surface area (Å²) >= 11 is 0. The predicted octanol–water partition coefficient (Wildman–Crippen LogP) is 1.11. The van der Waals surface area contributed by atoms with E-state index in [0.29, 0.717) is 0 Å². The van der Waals surface area contributed by atoms with Gasteiger partial charge in [0.15, 0.2) is 0 Å². The molecule has 2 N–H and O–H groups in total. The Kier molecular flexibility index (Phi) is 3.79. The van der Waals surface area contributed by atoms with E-state index in [0.717, 1.165) is 18.5 Å². The highest BCUT2D eigenvalue weighted by Crippen LogP contribution is 2.32. The molecule has 1 aromatic carbocycles. The quantitative estimate of drug-likeness (QED) is 0.823. The molecule has 1 aromatic rings. The average molecular weight is 237 g/mol. The first-order valence-electron chi connectivity index (χ1n) is 5.91. The van der Waals surface area contributed by atoms with Gasteiger partial charge in [-0.05, 0) is 18.9 Å². The molecule has 2 atom stereocenters. The Morgan fingerprint density at radius 3 is 2.59 bits per heavy atom. The van der Waals surface area contributed by atoms with E-state index < -0.39 is 5.60 Å². The number of hydrogen-bond acceptors (Lipinski definition) is 4. The lowest BCUT2D eigenvalue weighted by molar-refractivity contribution is -0.225. The zero-order valence-electron chi connectivity index (χ0n) is 10.0. The first-order valence-corrected chi connectivity index (χ1v) is 5.91. The number of aliphatic hydroxyl groups excluding tert-OH is 2. The van der Waals surface area contributed by atoms with E-state index >= 15 is 0 Å². The third kappa shape index (κ3) is 2.66. The van der Waals surface area contributed by atoms with E-state index in [1.807, 2.05) is 37.3 Å². The molecule has 1 aliphatic rings. The Balaban J connectivity index is 2.11. The van der Waals surface area contributed by atoms with Crippen molar-refractivity contribution < 1.29 is 15.1 Å². The third-order valence-corrected chi connectivity index (χ3v) is 3.24. The van der Waals surface area contributed by atoms with Crippen LogP contribution in [0.5, 0.6) is 0 Å². The van der Waals surface area contributed by atoms with Gasteiger partial charge in [-0.2, -0.15) is 5.06 Å². The summed E-state index contributed by atoms with van der Waals surface area (Å²) in [4.78, 5) is 5.73. The van der Waals surface area contributed by atoms with Crippen LogP contribution in [0.3, 0.4) is 0 Å². The molecule has 4 nitrogen and oxygen atoms in total. The van der Waals surface area contributed by atoms with Gasteiger partial charge in [0.1, 0.15) is 5.60 Å². The topological polar surface area (TPSA) is 52.9 Å². The summed E-state index contributed by atoms with van der Waals surface area (Å²) in [5, 5.41) is 20.5. The van der Waals surface area contributed by atoms with Gasteiger partial charge in [0.25, 0.3) is 0 Å². The summed E-state index contributed by atoms with van der Waals surface area (Å²) in [5.41, 5.74) is 0.513. The molecule has 1 fully saturated rings. The summed E-state index contributed by atoms with van der Waals surface area (Å²) in [7, 11) is 0. The van der Waals surface area contributed by atoms with E-state index in [1.165, 1.54) is 0 Å². The fourth-order valence-corrected chi connectivity index (χ4v) is 2.09. The van der Waals surface area contributed by atoms with E-state index in [1.54, 1.807) is 5.06 Å². The van der Waals surface area contributed by atoms with Crippen molar-refractivity contribution in [1.82, 2.24) is 5.06 Å². The summed E-state index contributed by atoms with van der Waals surface area (Å²) in [6.07, 6.45) is 0.771. The highest BCUT2D eigenvalue weighted by atomic mass is 16.7. The molecule has 94 valence electrons. The monoisotopic (exact) mass is 237 g/mol. The molecule has 0 aliphatic carbocycles. The minimum Gasteiger partial charge on any atom is -0.394 e. The van der Waals surface area contributed by atoms with Crippen LogP contribution >= 0.6 is 0 Å². The van der Waals surface area contributed by atoms with Crippen molar-refractivity contribution in [3.8, 4) is 0 Å². The molecular weight excluding hydrogens is 218 g/mol. The van der Waals surface area contributed by atoms with E-state index in [2.05, 4.69) is 0 Å². The van der Waals surface area contributed by atoms with Crippen LogP contribution in [0.15, 0.2) is 30.3 Å². The summed E-state index contributed by atoms with van der Waals surface area (Å²) in [6, 6.07) is 9.61. The lowest BCUT2D eigenvalue weighted by Crippen LogP contribution is -2.34. The number of aliphatic hydroxyl groups is 2. The third-order valence-electron chi connectivity index (χ3n) is 3.24. The van der Waals surface area contributed by atoms with Gasteiger partial charge in [-0.1, -0.05) is 30.3 Å². The summed E-state index contributed by atoms with van der Waals surface area (Å²) in [6.45, 7) is 2.60. The molecule has 0 radical (unpaired) electrons. The maximum atomic E-state index is 9.50. The van der Waals surface area contributed by atoms with Gasteiger partial charge in [0, 0.05) is 6.54 Å². The SMILES string of the molecule is C[C@@]1(CO)CCN([C@@H](CO)c2ccccc2)O1. The van der Waals surface area contributed by atoms with Gasteiger partial charge >= 0.3 is 0 Å². The van der Waals surface area contributed by atoms with Crippen molar-refractivity contribution in [3.05, 3.63) is 35.9 Å². The van der Waals surface area contributed by atoms with Gasteiger partial charge in [-0.3, -0.25) is 4.84 Å². The van der Waals surface area contributed by atoms with Crippen LogP contribution in [-0.2, 0) is 4.84 Å². The second-order valence-corrected chi connectivity index (χ2v) is 4.70. The standard InChI is InChI=1S/C13H19NO3/c1-13(10-16)7-8-14(17-13)12(9-15)11-5-3-2-4-6-11/h2-6,12,15-16H,7-10H2,1H3/t12-,13-/m0/s1. The summed E-state index contributed by atoms with van der Waals surface area (Å²) < 4.78 is 0. The molecule has 4 heteroatoms. The number of nitrogens with zero attached hydrogens (tertiary/aromatic N) is 1. The minimum atomic E-state index is -0.512. The van der Waals surface area contributed by atoms with Gasteiger partial charge in [-0.25, -0.2) is 0 Å². The van der Waals surface area contributed by atoms with Crippen molar-refractivity contribution in [1.29, 1.82) is 0 Å². The second-order valence-electron chi connectivity index (χ2n) is 4.70. The van der Waals surface area contributed by atoms with Crippen molar-refractivity contribution in [2.45, 2.75) is 25.0 Å². The van der Waals surface area contributed by atoms with Gasteiger partial charge < -0.3 is 10.2 Å². The molecular formula is C13H19NO3. The molecule has 0 aromatic heterocycles. The van der Waals surface area contributed by atoms with E-state index in [9.17, 15) is 10.2 Å². The van der Waals surface area contributed by atoms with Crippen LogP contribution in [0.1, 0.15) is 24.9 Å². The summed E-state index contributed by atoms with van der Waals surface area (Å²) in [5.74, 6) is 0. The van der Waals surface area contributed by atoms with Crippen molar-refractivity contribution in [2.75, 3.05) is 19.8 Å². The molecule has 0 amide bonds. The Bertz CT molecular complexity index is 357. The minimum absolute atomic E-state index is 0.00353. The van der Waals surface area contributed by atoms with Gasteiger partial charge in [0.2, 0.25) is 0 Å². The van der Waals surface area contributed by atoms with Gasteiger partial charge in [-0.15, -0.1) is 0 Å². The molecule has 0 saturated carbocycles. The Hall–Kier alpha value is -0.940. The normalized spacial score (nSPS) is 27.2. The molecule has 0 bridgehead atoms. The van der Waals surface area contributed by atoms with Crippen LogP contribution < -0.4 is 0 Å². The molecule has 1 heterocycles. The number of hydroxylamine groups is 2. The van der Waals surface area contributed by atoms with Crippen LogP contribution in [0.2, 0.25) is 0 Å². The van der Waals surface area contributed by atoms with Crippen LogP contribution in [0.4, 0.5) is 0 Å². The molecule has 1 aliphatic heterocycles. The van der Waals surface area contributed by atoms with Crippen LogP contribution in [0.25, 0.3) is 0 Å². The fourth-order valence-electron chi connectivity index (χ4n) is 2.09. The lowest BCUT2D eigenvalue weighted by atomic mass is 10.0. The first kappa shape index (κ1) is 12.5. The lowest BCUT2D eigenvalue weighted by Gasteiger charge is -2.28. The molecule has 17 heavy (non-hydrogen) atoms. The Labute approximate surface area is 101 Å². The largest absolute Gasteiger partial charge is 0.394 e. The maximum Gasteiger partial charge on any atom is 0.111 e. The molecule has 2 rings (SSSR count). The number of hydrogen-bond donors (Lipinski definition) is 2. The van der Waals surface area contributed by atoms with Crippen molar-refractivity contribution in [3.63, 3.8) is 0 Å². The predicted molar refractivity (Wildman–Crippen MR) is 64.2 cm³/mol. The maximum absolute atomic E-state index is 9.50. The molecule has 0 unspecified atom stereocenters. The number of rotatable bonds is 4. The van der Waals surface area contributed by atoms with Crippen molar-refractivity contribution >= 4 is 0 Å². The van der Waals surface area contributed by atoms with Gasteiger partial charge in [0.05, 0.1) is 19.3 Å². The first-order chi connectivity index (χ1) is 8.18. The molecule has 1 saturated heterocycles. The smallest absolute Gasteiger partial charge is 0.111 e. The fraction of sp³-hybridized carbons (Fsp3) is 0.538. The Morgan fingerprint density at radius 2 is 2.06 bits per heavy atom. The zero-order chi connectivity index (χ0) is 12.3. The zero-order valence-corrected chi connectivity index (χ0v) is 10.0. The van der Waals surface area contributed by atoms with Crippen LogP contribution in [-0.4, -0.2) is 40.6 Å². The Morgan fingerprint density at radius 1 is 1.35 bits per heavy atom.